The van der Waals surface area contributed by atoms with Crippen LogP contribution in [-0.2, 0) is 30.2 Å². The third-order valence-corrected chi connectivity index (χ3v) is 10.5. The molecular formula is C34H39F3N2O6. The Kier molecular flexibility index (Phi) is 7.66. The van der Waals surface area contributed by atoms with E-state index in [9.17, 15) is 18.0 Å². The van der Waals surface area contributed by atoms with Gasteiger partial charge in [0.25, 0.3) is 0 Å². The van der Waals surface area contributed by atoms with E-state index in [1.807, 2.05) is 36.1 Å². The molecule has 0 aromatic heterocycles. The summed E-state index contributed by atoms with van der Waals surface area (Å²) in [5.74, 6) is 0.696. The van der Waals surface area contributed by atoms with Gasteiger partial charge in [-0.15, -0.1) is 0 Å². The number of halogens is 3. The number of alkyl halides is 3. The minimum Gasteiger partial charge on any atom is -0.465 e. The summed E-state index contributed by atoms with van der Waals surface area (Å²) in [7, 11) is 0. The first-order valence-corrected chi connectivity index (χ1v) is 15.8. The first-order valence-electron chi connectivity index (χ1n) is 15.8. The van der Waals surface area contributed by atoms with Crippen LogP contribution in [0.5, 0.6) is 5.75 Å². The van der Waals surface area contributed by atoms with Gasteiger partial charge in [0.2, 0.25) is 18.0 Å². The number of piperazine rings is 1. The minimum atomic E-state index is -4.39. The second-order valence-electron chi connectivity index (χ2n) is 13.3. The van der Waals surface area contributed by atoms with Crippen molar-refractivity contribution in [2.45, 2.75) is 70.2 Å². The number of nitrogens with zero attached hydrogens (tertiary/aromatic N) is 2. The summed E-state index contributed by atoms with van der Waals surface area (Å²) in [6.45, 7) is 8.09. The molecule has 1 saturated carbocycles. The molecule has 5 heterocycles. The summed E-state index contributed by atoms with van der Waals surface area (Å²) in [5.41, 5.74) is 0.0503. The number of ether oxygens (including phenoxy) is 3. The quantitative estimate of drug-likeness (QED) is 0.286. The zero-order chi connectivity index (χ0) is 31.6. The van der Waals surface area contributed by atoms with Crippen LogP contribution in [0.4, 0.5) is 18.9 Å². The van der Waals surface area contributed by atoms with Crippen LogP contribution >= 0.6 is 0 Å². The third-order valence-electron chi connectivity index (χ3n) is 10.5. The monoisotopic (exact) mass is 628 g/mol. The number of anilines is 1. The number of carbonyl (C=O) groups is 1. The highest BCUT2D eigenvalue weighted by molar-refractivity contribution is 5.92. The summed E-state index contributed by atoms with van der Waals surface area (Å²) in [4.78, 5) is 28.3. The number of benzene rings is 2. The fraction of sp³-hybridized carbons (Fsp3) is 0.559. The molecule has 8 rings (SSSR count). The van der Waals surface area contributed by atoms with Gasteiger partial charge in [-0.25, -0.2) is 9.78 Å². The second-order valence-corrected chi connectivity index (χ2v) is 13.3. The Morgan fingerprint density at radius 1 is 1.00 bits per heavy atom. The molecule has 0 radical (unpaired) electrons. The van der Waals surface area contributed by atoms with E-state index in [1.54, 1.807) is 17.0 Å². The van der Waals surface area contributed by atoms with Crippen molar-refractivity contribution in [1.29, 1.82) is 0 Å². The predicted octanol–water partition coefficient (Wildman–Crippen LogP) is 6.26. The Labute approximate surface area is 260 Å². The number of rotatable bonds is 5. The van der Waals surface area contributed by atoms with Crippen molar-refractivity contribution in [3.8, 4) is 5.75 Å². The lowest BCUT2D eigenvalue weighted by Gasteiger charge is -2.66. The topological polar surface area (TPSA) is 69.7 Å². The molecule has 8 atom stereocenters. The molecule has 5 saturated heterocycles. The second kappa shape index (κ2) is 11.3. The van der Waals surface area contributed by atoms with Gasteiger partial charge in [0.05, 0.1) is 5.56 Å². The molecule has 2 aromatic rings. The van der Waals surface area contributed by atoms with E-state index in [-0.39, 0.29) is 17.7 Å². The largest absolute Gasteiger partial charge is 0.465 e. The van der Waals surface area contributed by atoms with Crippen LogP contribution in [0, 0.1) is 23.7 Å². The predicted molar refractivity (Wildman–Crippen MR) is 159 cm³/mol. The Morgan fingerprint density at radius 2 is 1.76 bits per heavy atom. The lowest BCUT2D eigenvalue weighted by atomic mass is 9.56. The molecule has 11 heteroatoms. The smallest absolute Gasteiger partial charge is 0.416 e. The minimum absolute atomic E-state index is 0.0529. The zero-order valence-corrected chi connectivity index (χ0v) is 25.7. The van der Waals surface area contributed by atoms with Gasteiger partial charge in [0, 0.05) is 62.1 Å². The molecule has 5 aliphatic heterocycles. The molecule has 2 bridgehead atoms. The highest BCUT2D eigenvalue weighted by Gasteiger charge is 2.72. The van der Waals surface area contributed by atoms with E-state index >= 15 is 0 Å². The molecule has 6 fully saturated rings. The molecule has 1 aliphatic carbocycles. The molecule has 6 aliphatic rings. The van der Waals surface area contributed by atoms with Crippen molar-refractivity contribution in [2.24, 2.45) is 23.7 Å². The van der Waals surface area contributed by atoms with Crippen LogP contribution in [0.3, 0.4) is 0 Å². The van der Waals surface area contributed by atoms with Gasteiger partial charge in [-0.2, -0.15) is 13.2 Å². The average molecular weight is 629 g/mol. The van der Waals surface area contributed by atoms with Gasteiger partial charge in [-0.3, -0.25) is 4.79 Å². The SMILES string of the molecule is C[C@@H]1CCC2[C@@H](C)[C@@H](Oc3ccc(/C=C/C(=O)N4CCN(c5cccc(C(F)(F)F)c5)CC4)cc3)O[C@@H]3O[C@]4(C)CC1[C@@]23OO4. The van der Waals surface area contributed by atoms with Crippen LogP contribution in [0.15, 0.2) is 54.6 Å². The van der Waals surface area contributed by atoms with Crippen LogP contribution in [0.1, 0.15) is 51.2 Å². The zero-order valence-electron chi connectivity index (χ0n) is 25.7. The van der Waals surface area contributed by atoms with Gasteiger partial charge in [-0.1, -0.05) is 32.0 Å². The molecular weight excluding hydrogens is 589 g/mol. The fourth-order valence-corrected chi connectivity index (χ4v) is 7.95. The van der Waals surface area contributed by atoms with Gasteiger partial charge in [0.1, 0.15) is 5.75 Å². The van der Waals surface area contributed by atoms with Gasteiger partial charge >= 0.3 is 6.18 Å². The standard InChI is InChI=1S/C34H39F3N2O6/c1-21-7-13-27-22(2)30(42-31-33(27)28(21)20-32(3,43-31)44-45-33)41-26-11-8-23(9-12-26)10-14-29(40)39-17-15-38(16-18-39)25-6-4-5-24(19-25)34(35,36)37/h4-6,8-12,14,19,21-22,27-28,30-31H,7,13,15-18,20H2,1-3H3/b14-10+/t21-,22-,27?,28?,30+,31-,32+,33+/m1/s1. The van der Waals surface area contributed by atoms with Crippen LogP contribution in [0.25, 0.3) is 6.08 Å². The van der Waals surface area contributed by atoms with Gasteiger partial charge in [-0.05, 0) is 67.7 Å². The highest BCUT2D eigenvalue weighted by atomic mass is 19.4. The van der Waals surface area contributed by atoms with Crippen LogP contribution < -0.4 is 9.64 Å². The Morgan fingerprint density at radius 3 is 2.49 bits per heavy atom. The van der Waals surface area contributed by atoms with Crippen molar-refractivity contribution < 1.29 is 42.0 Å². The molecule has 2 unspecified atom stereocenters. The van der Waals surface area contributed by atoms with E-state index < -0.39 is 35.7 Å². The first kappa shape index (κ1) is 30.5. The lowest BCUT2D eigenvalue weighted by molar-refractivity contribution is -0.614. The van der Waals surface area contributed by atoms with Gasteiger partial charge in [0.15, 0.2) is 11.9 Å². The Bertz CT molecular complexity index is 1440. The molecule has 0 N–H and O–H groups in total. The molecule has 2 aromatic carbocycles. The van der Waals surface area contributed by atoms with E-state index in [2.05, 4.69) is 13.8 Å². The van der Waals surface area contributed by atoms with E-state index in [0.717, 1.165) is 37.0 Å². The highest BCUT2D eigenvalue weighted by Crippen LogP contribution is 2.62. The molecule has 1 amide bonds. The van der Waals surface area contributed by atoms with Crippen molar-refractivity contribution >= 4 is 17.7 Å². The Hall–Kier alpha value is -3.12. The fourth-order valence-electron chi connectivity index (χ4n) is 7.95. The van der Waals surface area contributed by atoms with Crippen molar-refractivity contribution in [2.75, 3.05) is 31.1 Å². The summed E-state index contributed by atoms with van der Waals surface area (Å²) in [5, 5.41) is 0. The van der Waals surface area contributed by atoms with E-state index in [1.165, 1.54) is 12.1 Å². The number of hydrogen-bond acceptors (Lipinski definition) is 7. The Balaban J connectivity index is 0.947. The molecule has 8 nitrogen and oxygen atoms in total. The van der Waals surface area contributed by atoms with E-state index in [0.29, 0.717) is 49.5 Å². The molecule has 1 spiro atoms. The summed E-state index contributed by atoms with van der Waals surface area (Å²) in [6, 6.07) is 12.8. The lowest BCUT2D eigenvalue weighted by Crippen LogP contribution is -2.76. The number of carbonyl (C=O) groups excluding carboxylic acids is 1. The number of hydrogen-bond donors (Lipinski definition) is 0. The average Bonchev–Trinajstić information content (AvgIpc) is 3.03. The normalized spacial score (nSPS) is 36.2. The van der Waals surface area contributed by atoms with Crippen molar-refractivity contribution in [1.82, 2.24) is 4.90 Å². The van der Waals surface area contributed by atoms with Crippen LogP contribution in [-0.4, -0.2) is 61.0 Å². The third kappa shape index (κ3) is 5.51. The maximum absolute atomic E-state index is 13.1. The maximum atomic E-state index is 13.1. The summed E-state index contributed by atoms with van der Waals surface area (Å²) in [6.07, 6.45) is 0.706. The maximum Gasteiger partial charge on any atom is 0.416 e. The first-order chi connectivity index (χ1) is 21.4. The van der Waals surface area contributed by atoms with Crippen molar-refractivity contribution in [3.63, 3.8) is 0 Å². The summed E-state index contributed by atoms with van der Waals surface area (Å²) < 4.78 is 58.4. The van der Waals surface area contributed by atoms with Crippen LogP contribution in [0.2, 0.25) is 0 Å². The van der Waals surface area contributed by atoms with Crippen molar-refractivity contribution in [3.05, 3.63) is 65.7 Å². The summed E-state index contributed by atoms with van der Waals surface area (Å²) >= 11 is 0. The number of fused-ring (bicyclic) bond motifs is 1. The van der Waals surface area contributed by atoms with Gasteiger partial charge < -0.3 is 24.0 Å². The number of amides is 1. The molecule has 242 valence electrons. The van der Waals surface area contributed by atoms with E-state index in [4.69, 9.17) is 24.0 Å². The molecule has 45 heavy (non-hydrogen) atoms.